The van der Waals surface area contributed by atoms with Crippen molar-refractivity contribution < 1.29 is 17.9 Å². The second-order valence-corrected chi connectivity index (χ2v) is 6.85. The van der Waals surface area contributed by atoms with E-state index < -0.39 is 16.0 Å². The van der Waals surface area contributed by atoms with Gasteiger partial charge < -0.3 is 10.5 Å². The first-order valence-electron chi connectivity index (χ1n) is 7.27. The molecule has 0 fully saturated rings. The average Bonchev–Trinajstić information content (AvgIpc) is 2.50. The van der Waals surface area contributed by atoms with Crippen LogP contribution in [0, 0.1) is 6.92 Å². The number of esters is 1. The number of methoxy groups -OCH3 is 1. The Balaban J connectivity index is 3.08. The molecule has 0 spiro atoms. The molecule has 1 rings (SSSR count). The van der Waals surface area contributed by atoms with Crippen molar-refractivity contribution in [2.45, 2.75) is 44.0 Å². The summed E-state index contributed by atoms with van der Waals surface area (Å²) in [6, 6.07) is 4.14. The number of hydrogen-bond acceptors (Lipinski definition) is 5. The van der Waals surface area contributed by atoms with E-state index in [4.69, 9.17) is 5.73 Å². The molecule has 1 aromatic rings. The zero-order valence-electron chi connectivity index (χ0n) is 13.3. The fourth-order valence-corrected chi connectivity index (χ4v) is 3.65. The molecule has 0 aliphatic rings. The number of ether oxygens (including phenoxy) is 1. The fourth-order valence-electron chi connectivity index (χ4n) is 2.09. The van der Waals surface area contributed by atoms with Gasteiger partial charge in [0.25, 0.3) is 0 Å². The first kappa shape index (κ1) is 18.6. The number of hydrogen-bond donors (Lipinski definition) is 2. The quantitative estimate of drug-likeness (QED) is 0.706. The van der Waals surface area contributed by atoms with Gasteiger partial charge in [-0.3, -0.25) is 0 Å². The van der Waals surface area contributed by atoms with Crippen LogP contribution in [0.25, 0.3) is 0 Å². The predicted octanol–water partition coefficient (Wildman–Crippen LogP) is 1.58. The number of nitrogens with two attached hydrogens (primary N) is 1. The van der Waals surface area contributed by atoms with E-state index in [0.717, 1.165) is 12.8 Å². The molecule has 3 N–H and O–H groups in total. The van der Waals surface area contributed by atoms with Crippen LogP contribution in [0.15, 0.2) is 23.1 Å². The summed E-state index contributed by atoms with van der Waals surface area (Å²) in [7, 11) is -2.48. The standard InChI is InChI=1S/C15H24N2O4S/c1-4-5-6-13(10-16)17-22(19,20)14-9-12(15(18)21-3)8-7-11(14)2/h7-9,13,17H,4-6,10,16H2,1-3H3. The van der Waals surface area contributed by atoms with E-state index in [1.54, 1.807) is 13.0 Å². The maximum absolute atomic E-state index is 12.5. The van der Waals surface area contributed by atoms with Crippen LogP contribution < -0.4 is 10.5 Å². The Kier molecular flexibility index (Phi) is 6.99. The molecule has 22 heavy (non-hydrogen) atoms. The van der Waals surface area contributed by atoms with Crippen LogP contribution >= 0.6 is 0 Å². The molecule has 0 aromatic heterocycles. The lowest BCUT2D eigenvalue weighted by Crippen LogP contribution is -2.40. The van der Waals surface area contributed by atoms with Crippen LogP contribution in [0.1, 0.15) is 42.1 Å². The van der Waals surface area contributed by atoms with Gasteiger partial charge in [-0.1, -0.05) is 25.8 Å². The molecule has 0 saturated heterocycles. The van der Waals surface area contributed by atoms with Gasteiger partial charge in [-0.2, -0.15) is 0 Å². The van der Waals surface area contributed by atoms with Crippen LogP contribution in [0.5, 0.6) is 0 Å². The van der Waals surface area contributed by atoms with Crippen LogP contribution in [0.4, 0.5) is 0 Å². The van der Waals surface area contributed by atoms with Crippen molar-refractivity contribution in [1.29, 1.82) is 0 Å². The molecular formula is C15H24N2O4S. The number of benzene rings is 1. The molecule has 1 atom stereocenters. The Morgan fingerprint density at radius 2 is 2.09 bits per heavy atom. The summed E-state index contributed by atoms with van der Waals surface area (Å²) in [4.78, 5) is 11.6. The van der Waals surface area contributed by atoms with E-state index in [0.29, 0.717) is 12.0 Å². The minimum absolute atomic E-state index is 0.0744. The normalized spacial score (nSPS) is 12.9. The maximum atomic E-state index is 12.5. The van der Waals surface area contributed by atoms with Gasteiger partial charge in [0.1, 0.15) is 0 Å². The number of sulfonamides is 1. The Hall–Kier alpha value is -1.44. The lowest BCUT2D eigenvalue weighted by atomic mass is 10.1. The summed E-state index contributed by atoms with van der Waals surface area (Å²) in [6.45, 7) is 3.94. The highest BCUT2D eigenvalue weighted by Crippen LogP contribution is 2.18. The van der Waals surface area contributed by atoms with E-state index in [2.05, 4.69) is 9.46 Å². The van der Waals surface area contributed by atoms with Crippen LogP contribution in [-0.4, -0.2) is 34.1 Å². The highest BCUT2D eigenvalue weighted by atomic mass is 32.2. The molecule has 0 amide bonds. The van der Waals surface area contributed by atoms with Crippen LogP contribution in [0.2, 0.25) is 0 Å². The van der Waals surface area contributed by atoms with Gasteiger partial charge in [-0.05, 0) is 31.0 Å². The molecule has 0 aliphatic heterocycles. The van der Waals surface area contributed by atoms with Crippen molar-refractivity contribution in [2.75, 3.05) is 13.7 Å². The van der Waals surface area contributed by atoms with Crippen molar-refractivity contribution in [3.8, 4) is 0 Å². The third-order valence-corrected chi connectivity index (χ3v) is 5.07. The molecule has 6 nitrogen and oxygen atoms in total. The maximum Gasteiger partial charge on any atom is 0.337 e. The molecule has 7 heteroatoms. The smallest absolute Gasteiger partial charge is 0.337 e. The van der Waals surface area contributed by atoms with E-state index >= 15 is 0 Å². The zero-order valence-corrected chi connectivity index (χ0v) is 14.1. The van der Waals surface area contributed by atoms with Crippen molar-refractivity contribution in [3.63, 3.8) is 0 Å². The summed E-state index contributed by atoms with van der Waals surface area (Å²) in [5, 5.41) is 0. The topological polar surface area (TPSA) is 98.5 Å². The Bertz CT molecular complexity index is 614. The minimum atomic E-state index is -3.73. The van der Waals surface area contributed by atoms with Gasteiger partial charge >= 0.3 is 5.97 Å². The fraction of sp³-hybridized carbons (Fsp3) is 0.533. The molecule has 0 aliphatic carbocycles. The van der Waals surface area contributed by atoms with Crippen LogP contribution in [-0.2, 0) is 14.8 Å². The second kappa shape index (κ2) is 8.26. The monoisotopic (exact) mass is 328 g/mol. The zero-order chi connectivity index (χ0) is 16.8. The minimum Gasteiger partial charge on any atom is -0.465 e. The first-order chi connectivity index (χ1) is 10.4. The number of carbonyl (C=O) groups is 1. The largest absolute Gasteiger partial charge is 0.465 e. The number of rotatable bonds is 8. The van der Waals surface area contributed by atoms with Gasteiger partial charge in [-0.15, -0.1) is 0 Å². The molecule has 124 valence electrons. The second-order valence-electron chi connectivity index (χ2n) is 5.17. The SMILES string of the molecule is CCCCC(CN)NS(=O)(=O)c1cc(C(=O)OC)ccc1C. The van der Waals surface area contributed by atoms with E-state index in [9.17, 15) is 13.2 Å². The summed E-state index contributed by atoms with van der Waals surface area (Å²) >= 11 is 0. The van der Waals surface area contributed by atoms with Gasteiger partial charge in [0, 0.05) is 12.6 Å². The number of unbranched alkanes of at least 4 members (excludes halogenated alkanes) is 1. The van der Waals surface area contributed by atoms with Gasteiger partial charge in [0.05, 0.1) is 17.6 Å². The summed E-state index contributed by atoms with van der Waals surface area (Å²) in [5.41, 5.74) is 6.40. The van der Waals surface area contributed by atoms with Crippen molar-refractivity contribution in [2.24, 2.45) is 5.73 Å². The Morgan fingerprint density at radius 3 is 2.64 bits per heavy atom. The molecule has 0 heterocycles. The van der Waals surface area contributed by atoms with Crippen molar-refractivity contribution in [3.05, 3.63) is 29.3 Å². The Morgan fingerprint density at radius 1 is 1.41 bits per heavy atom. The molecule has 1 unspecified atom stereocenters. The van der Waals surface area contributed by atoms with Gasteiger partial charge in [0.15, 0.2) is 0 Å². The lowest BCUT2D eigenvalue weighted by molar-refractivity contribution is 0.0600. The summed E-state index contributed by atoms with van der Waals surface area (Å²) in [5.74, 6) is -0.571. The van der Waals surface area contributed by atoms with E-state index in [1.807, 2.05) is 6.92 Å². The number of nitrogens with one attached hydrogen (secondary N) is 1. The lowest BCUT2D eigenvalue weighted by Gasteiger charge is -2.18. The van der Waals surface area contributed by atoms with Crippen molar-refractivity contribution in [1.82, 2.24) is 4.72 Å². The highest BCUT2D eigenvalue weighted by Gasteiger charge is 2.22. The number of aryl methyl sites for hydroxylation is 1. The number of carbonyl (C=O) groups excluding carboxylic acids is 1. The van der Waals surface area contributed by atoms with Crippen molar-refractivity contribution >= 4 is 16.0 Å². The van der Waals surface area contributed by atoms with Gasteiger partial charge in [-0.25, -0.2) is 17.9 Å². The molecule has 0 radical (unpaired) electrons. The van der Waals surface area contributed by atoms with E-state index in [1.165, 1.54) is 19.2 Å². The van der Waals surface area contributed by atoms with Gasteiger partial charge in [0.2, 0.25) is 10.0 Å². The third-order valence-electron chi connectivity index (χ3n) is 3.41. The predicted molar refractivity (Wildman–Crippen MR) is 85.2 cm³/mol. The van der Waals surface area contributed by atoms with E-state index in [-0.39, 0.29) is 23.0 Å². The highest BCUT2D eigenvalue weighted by molar-refractivity contribution is 7.89. The first-order valence-corrected chi connectivity index (χ1v) is 8.75. The van der Waals surface area contributed by atoms with Crippen LogP contribution in [0.3, 0.4) is 0 Å². The molecule has 0 saturated carbocycles. The molecule has 0 bridgehead atoms. The molecular weight excluding hydrogens is 304 g/mol. The summed E-state index contributed by atoms with van der Waals surface area (Å²) < 4.78 is 32.3. The Labute approximate surface area is 132 Å². The summed E-state index contributed by atoms with van der Waals surface area (Å²) in [6.07, 6.45) is 2.54. The average molecular weight is 328 g/mol. The third kappa shape index (κ3) is 4.79. The molecule has 1 aromatic carbocycles.